The molecule has 0 spiro atoms. The van der Waals surface area contributed by atoms with E-state index in [-0.39, 0.29) is 24.9 Å². The largest absolute Gasteiger partial charge is 0.462 e. The minimum absolute atomic E-state index is 0.0415. The number of allylic oxidation sites excluding steroid dienone is 12. The molecule has 3 atom stereocenters. The highest BCUT2D eigenvalue weighted by atomic mass is 16.5. The van der Waals surface area contributed by atoms with Crippen LogP contribution in [0.1, 0.15) is 258 Å². The quantitative estimate of drug-likeness (QED) is 0.0245. The van der Waals surface area contributed by atoms with Crippen LogP contribution in [0.5, 0.6) is 0 Å². The van der Waals surface area contributed by atoms with E-state index in [0.29, 0.717) is 19.3 Å². The van der Waals surface area contributed by atoms with Crippen LogP contribution in [0.2, 0.25) is 0 Å². The summed E-state index contributed by atoms with van der Waals surface area (Å²) in [5.74, 6) is -0.534. The molecule has 6 nitrogen and oxygen atoms in total. The van der Waals surface area contributed by atoms with Crippen LogP contribution in [0.15, 0.2) is 72.9 Å². The Morgan fingerprint density at radius 2 is 0.844 bits per heavy atom. The minimum Gasteiger partial charge on any atom is -0.462 e. The van der Waals surface area contributed by atoms with Gasteiger partial charge in [-0.15, -0.1) is 0 Å². The third kappa shape index (κ3) is 45.9. The Bertz CT molecular complexity index is 1190. The Morgan fingerprint density at radius 1 is 0.453 bits per heavy atom. The van der Waals surface area contributed by atoms with E-state index in [0.717, 1.165) is 83.5 Å². The molecular weight excluding hydrogens is 791 g/mol. The van der Waals surface area contributed by atoms with Gasteiger partial charge >= 0.3 is 5.97 Å². The lowest BCUT2D eigenvalue weighted by Crippen LogP contribution is -2.46. The second-order valence-corrected chi connectivity index (χ2v) is 18.4. The van der Waals surface area contributed by atoms with E-state index in [9.17, 15) is 19.8 Å². The van der Waals surface area contributed by atoms with Gasteiger partial charge in [0.2, 0.25) is 5.91 Å². The summed E-state index contributed by atoms with van der Waals surface area (Å²) < 4.78 is 5.92. The standard InChI is InChI=1S/C58H103NO5/c1-4-7-10-13-16-19-22-25-27-29-32-34-37-40-43-46-49-54(64-58(63)51-48-45-42-39-36-31-24-21-18-15-12-9-6-3)52-57(62)59-55(53-60)56(61)50-47-44-41-38-35-33-30-28-26-23-20-17-14-11-8-5-2/h10,13,16,19,22,25,27,29,31-32,34,36,54-56,60-61H,4-9,11-12,14-15,17-18,20-21,23-24,26,28,30,33,35,37-53H2,1-3H3,(H,59,62)/b13-10+,19-16+,25-22+,29-27+,34-32+,36-31-. The fourth-order valence-corrected chi connectivity index (χ4v) is 7.98. The maximum atomic E-state index is 13.2. The average Bonchev–Trinajstić information content (AvgIpc) is 3.29. The molecule has 0 aromatic rings. The number of esters is 1. The van der Waals surface area contributed by atoms with Gasteiger partial charge in [0, 0.05) is 6.42 Å². The monoisotopic (exact) mass is 894 g/mol. The van der Waals surface area contributed by atoms with Gasteiger partial charge in [-0.05, 0) is 70.6 Å². The van der Waals surface area contributed by atoms with Crippen LogP contribution >= 0.6 is 0 Å². The summed E-state index contributed by atoms with van der Waals surface area (Å²) in [7, 11) is 0. The van der Waals surface area contributed by atoms with Crippen molar-refractivity contribution in [3.8, 4) is 0 Å². The molecule has 0 bridgehead atoms. The highest BCUT2D eigenvalue weighted by Gasteiger charge is 2.24. The first-order valence-corrected chi connectivity index (χ1v) is 27.2. The molecule has 370 valence electrons. The molecule has 0 saturated heterocycles. The number of aliphatic hydroxyl groups excluding tert-OH is 2. The van der Waals surface area contributed by atoms with Gasteiger partial charge in [0.1, 0.15) is 6.10 Å². The second kappa shape index (κ2) is 51.3. The molecular formula is C58H103NO5. The van der Waals surface area contributed by atoms with Crippen LogP contribution in [0, 0.1) is 0 Å². The Kier molecular flexibility index (Phi) is 49.1. The zero-order valence-electron chi connectivity index (χ0n) is 42.1. The van der Waals surface area contributed by atoms with E-state index in [1.807, 2.05) is 36.5 Å². The molecule has 0 rings (SSSR count). The van der Waals surface area contributed by atoms with Crippen LogP contribution in [-0.2, 0) is 14.3 Å². The number of ether oxygens (including phenoxy) is 1. The van der Waals surface area contributed by atoms with Crippen molar-refractivity contribution in [1.29, 1.82) is 0 Å². The van der Waals surface area contributed by atoms with Crippen LogP contribution < -0.4 is 5.32 Å². The van der Waals surface area contributed by atoms with Crippen molar-refractivity contribution in [2.45, 2.75) is 277 Å². The number of unbranched alkanes of at least 4 members (excludes halogenated alkanes) is 28. The predicted molar refractivity (Wildman–Crippen MR) is 278 cm³/mol. The molecule has 0 fully saturated rings. The summed E-state index contributed by atoms with van der Waals surface area (Å²) in [6.45, 7) is 6.38. The van der Waals surface area contributed by atoms with Gasteiger partial charge in [-0.2, -0.15) is 0 Å². The summed E-state index contributed by atoms with van der Waals surface area (Å²) in [5.41, 5.74) is 0. The third-order valence-electron chi connectivity index (χ3n) is 12.1. The molecule has 0 saturated carbocycles. The summed E-state index contributed by atoms with van der Waals surface area (Å²) in [6, 6.07) is -0.722. The molecule has 6 heteroatoms. The molecule has 3 N–H and O–H groups in total. The fraction of sp³-hybridized carbons (Fsp3) is 0.759. The normalized spacial score (nSPS) is 13.8. The number of rotatable bonds is 48. The number of hydrogen-bond donors (Lipinski definition) is 3. The van der Waals surface area contributed by atoms with Gasteiger partial charge in [0.25, 0.3) is 0 Å². The highest BCUT2D eigenvalue weighted by molar-refractivity contribution is 5.77. The Labute approximate surface area is 396 Å². The lowest BCUT2D eigenvalue weighted by molar-refractivity contribution is -0.151. The van der Waals surface area contributed by atoms with Gasteiger partial charge in [0.15, 0.2) is 0 Å². The number of aliphatic hydroxyl groups is 2. The Hall–Kier alpha value is -2.70. The minimum atomic E-state index is -0.805. The van der Waals surface area contributed by atoms with Crippen molar-refractivity contribution in [2.24, 2.45) is 0 Å². The molecule has 0 aliphatic rings. The van der Waals surface area contributed by atoms with Crippen molar-refractivity contribution in [3.05, 3.63) is 72.9 Å². The number of carbonyl (C=O) groups is 2. The van der Waals surface area contributed by atoms with E-state index in [2.05, 4.69) is 62.5 Å². The summed E-state index contributed by atoms with van der Waals surface area (Å²) >= 11 is 0. The lowest BCUT2D eigenvalue weighted by atomic mass is 10.0. The van der Waals surface area contributed by atoms with Crippen molar-refractivity contribution < 1.29 is 24.5 Å². The molecule has 1 amide bonds. The Balaban J connectivity index is 4.66. The zero-order chi connectivity index (χ0) is 46.7. The summed E-state index contributed by atoms with van der Waals surface area (Å²) in [5, 5.41) is 23.8. The van der Waals surface area contributed by atoms with Crippen LogP contribution in [0.25, 0.3) is 0 Å². The van der Waals surface area contributed by atoms with E-state index in [1.165, 1.54) is 128 Å². The molecule has 0 heterocycles. The molecule has 64 heavy (non-hydrogen) atoms. The molecule has 3 unspecified atom stereocenters. The summed E-state index contributed by atoms with van der Waals surface area (Å²) in [4.78, 5) is 26.2. The first kappa shape index (κ1) is 61.3. The number of carbonyl (C=O) groups excluding carboxylic acids is 2. The molecule has 0 aromatic heterocycles. The summed E-state index contributed by atoms with van der Waals surface area (Å²) in [6.07, 6.45) is 65.3. The van der Waals surface area contributed by atoms with Crippen molar-refractivity contribution in [3.63, 3.8) is 0 Å². The van der Waals surface area contributed by atoms with Crippen LogP contribution in [0.3, 0.4) is 0 Å². The molecule has 0 aliphatic heterocycles. The first-order valence-electron chi connectivity index (χ1n) is 27.2. The van der Waals surface area contributed by atoms with Crippen molar-refractivity contribution >= 4 is 11.9 Å². The van der Waals surface area contributed by atoms with E-state index >= 15 is 0 Å². The Morgan fingerprint density at radius 3 is 1.33 bits per heavy atom. The molecule has 0 radical (unpaired) electrons. The maximum Gasteiger partial charge on any atom is 0.306 e. The van der Waals surface area contributed by atoms with Gasteiger partial charge in [-0.1, -0.05) is 248 Å². The topological polar surface area (TPSA) is 95.9 Å². The lowest BCUT2D eigenvalue weighted by Gasteiger charge is -2.24. The third-order valence-corrected chi connectivity index (χ3v) is 12.1. The fourth-order valence-electron chi connectivity index (χ4n) is 7.98. The van der Waals surface area contributed by atoms with E-state index < -0.39 is 18.2 Å². The highest BCUT2D eigenvalue weighted by Crippen LogP contribution is 2.17. The molecule has 0 aromatic carbocycles. The van der Waals surface area contributed by atoms with Crippen molar-refractivity contribution in [1.82, 2.24) is 5.32 Å². The van der Waals surface area contributed by atoms with Crippen LogP contribution in [0.4, 0.5) is 0 Å². The van der Waals surface area contributed by atoms with E-state index in [1.54, 1.807) is 0 Å². The van der Waals surface area contributed by atoms with Crippen LogP contribution in [-0.4, -0.2) is 46.9 Å². The number of hydrogen-bond acceptors (Lipinski definition) is 5. The first-order chi connectivity index (χ1) is 31.5. The predicted octanol–water partition coefficient (Wildman–Crippen LogP) is 16.6. The van der Waals surface area contributed by atoms with Gasteiger partial charge in [-0.25, -0.2) is 0 Å². The maximum absolute atomic E-state index is 13.2. The average molecular weight is 894 g/mol. The van der Waals surface area contributed by atoms with E-state index in [4.69, 9.17) is 4.74 Å². The van der Waals surface area contributed by atoms with Gasteiger partial charge < -0.3 is 20.3 Å². The van der Waals surface area contributed by atoms with Crippen molar-refractivity contribution in [2.75, 3.05) is 6.61 Å². The zero-order valence-corrected chi connectivity index (χ0v) is 42.1. The van der Waals surface area contributed by atoms with Gasteiger partial charge in [-0.3, -0.25) is 9.59 Å². The number of nitrogens with one attached hydrogen (secondary N) is 1. The SMILES string of the molecule is CCC/C=C/C=C/C=C/C=C/C=C/CCCCCC(CC(=O)NC(CO)C(O)CCCCCCCCCCCCCCCCCC)OC(=O)CCCCC/C=C\CCCCCCCC. The van der Waals surface area contributed by atoms with Gasteiger partial charge in [0.05, 0.1) is 25.2 Å². The second-order valence-electron chi connectivity index (χ2n) is 18.4. The molecule has 0 aliphatic carbocycles. The number of amides is 1. The smallest absolute Gasteiger partial charge is 0.306 e.